The summed E-state index contributed by atoms with van der Waals surface area (Å²) >= 11 is 1.82. The molecule has 30 heavy (non-hydrogen) atoms. The summed E-state index contributed by atoms with van der Waals surface area (Å²) < 4.78 is 37.7. The van der Waals surface area contributed by atoms with Gasteiger partial charge in [0.05, 0.1) is 12.0 Å². The number of aryl methyl sites for hydroxylation is 1. The third-order valence-corrected chi connectivity index (χ3v) is 6.85. The van der Waals surface area contributed by atoms with Gasteiger partial charge in [0.2, 0.25) is 5.91 Å². The molecule has 10 heteroatoms. The third kappa shape index (κ3) is 6.18. The highest BCUT2D eigenvalue weighted by atomic mass is 32.1. The summed E-state index contributed by atoms with van der Waals surface area (Å²) in [6, 6.07) is 2.18. The summed E-state index contributed by atoms with van der Waals surface area (Å²) in [7, 11) is 0. The largest absolute Gasteiger partial charge is 0.490 e. The van der Waals surface area contributed by atoms with Crippen LogP contribution in [0.4, 0.5) is 13.2 Å². The lowest BCUT2D eigenvalue weighted by atomic mass is 9.82. The molecule has 2 aliphatic heterocycles. The lowest BCUT2D eigenvalue weighted by Gasteiger charge is -2.39. The lowest BCUT2D eigenvalue weighted by Crippen LogP contribution is -2.52. The van der Waals surface area contributed by atoms with Crippen molar-refractivity contribution in [3.63, 3.8) is 0 Å². The Morgan fingerprint density at radius 3 is 2.57 bits per heavy atom. The van der Waals surface area contributed by atoms with E-state index in [1.54, 1.807) is 0 Å². The molecule has 168 valence electrons. The number of likely N-dealkylation sites (tertiary alicyclic amines) is 1. The summed E-state index contributed by atoms with van der Waals surface area (Å²) in [5, 5.41) is 12.5. The predicted octanol–water partition coefficient (Wildman–Crippen LogP) is 3.05. The molecule has 4 rings (SSSR count). The van der Waals surface area contributed by atoms with E-state index in [1.807, 2.05) is 11.3 Å². The minimum absolute atomic E-state index is 0.0928. The maximum atomic E-state index is 12.7. The van der Waals surface area contributed by atoms with Crippen molar-refractivity contribution in [2.24, 2.45) is 17.8 Å². The Kier molecular flexibility index (Phi) is 7.41. The Labute approximate surface area is 177 Å². The average Bonchev–Trinajstić information content (AvgIpc) is 3.24. The molecule has 3 atom stereocenters. The Balaban J connectivity index is 0.000000318. The molecule has 3 heterocycles. The first-order chi connectivity index (χ1) is 14.1. The van der Waals surface area contributed by atoms with E-state index < -0.39 is 12.1 Å². The van der Waals surface area contributed by atoms with Crippen LogP contribution in [0.5, 0.6) is 0 Å². The molecule has 1 aliphatic carbocycles. The second-order valence-electron chi connectivity index (χ2n) is 8.18. The molecular weight excluding hydrogens is 421 g/mol. The fraction of sp³-hybridized carbons (Fsp3) is 0.700. The summed E-state index contributed by atoms with van der Waals surface area (Å²) in [6.07, 6.45) is -1.24. The molecule has 3 aliphatic rings. The molecule has 1 amide bonds. The monoisotopic (exact) mass is 448 g/mol. The van der Waals surface area contributed by atoms with Gasteiger partial charge in [-0.25, -0.2) is 4.79 Å². The van der Waals surface area contributed by atoms with Gasteiger partial charge in [-0.15, -0.1) is 11.3 Å². The molecular formula is C20H27F3N2O4S. The number of nitrogens with zero attached hydrogens (tertiary/aromatic N) is 1. The van der Waals surface area contributed by atoms with Gasteiger partial charge in [-0.1, -0.05) is 0 Å². The first kappa shape index (κ1) is 23.0. The van der Waals surface area contributed by atoms with E-state index in [0.29, 0.717) is 5.92 Å². The first-order valence-electron chi connectivity index (χ1n) is 10.1. The van der Waals surface area contributed by atoms with E-state index >= 15 is 0 Å². The Morgan fingerprint density at radius 2 is 2.00 bits per heavy atom. The van der Waals surface area contributed by atoms with Gasteiger partial charge in [0.15, 0.2) is 0 Å². The summed E-state index contributed by atoms with van der Waals surface area (Å²) in [5.74, 6) is -1.26. The molecule has 1 saturated carbocycles. The number of hydrogen-bond acceptors (Lipinski definition) is 5. The van der Waals surface area contributed by atoms with Gasteiger partial charge in [-0.3, -0.25) is 9.69 Å². The second-order valence-corrected chi connectivity index (χ2v) is 9.18. The maximum Gasteiger partial charge on any atom is 0.490 e. The molecule has 0 spiro atoms. The van der Waals surface area contributed by atoms with Crippen LogP contribution in [0.1, 0.15) is 29.7 Å². The van der Waals surface area contributed by atoms with Crippen molar-refractivity contribution in [2.45, 2.75) is 45.0 Å². The molecule has 6 nitrogen and oxygen atoms in total. The predicted molar refractivity (Wildman–Crippen MR) is 105 cm³/mol. The van der Waals surface area contributed by atoms with Crippen LogP contribution in [0.25, 0.3) is 0 Å². The number of piperidine rings is 1. The Bertz CT molecular complexity index is 751. The molecule has 1 aromatic rings. The maximum absolute atomic E-state index is 12.7. The molecule has 3 fully saturated rings. The quantitative estimate of drug-likeness (QED) is 0.724. The number of carbonyl (C=O) groups is 2. The van der Waals surface area contributed by atoms with Crippen LogP contribution >= 0.6 is 11.3 Å². The Hall–Kier alpha value is -1.65. The van der Waals surface area contributed by atoms with Crippen LogP contribution in [-0.2, 0) is 20.9 Å². The van der Waals surface area contributed by atoms with Crippen molar-refractivity contribution in [2.75, 3.05) is 26.2 Å². The number of carboxylic acids is 1. The smallest absolute Gasteiger partial charge is 0.475 e. The number of alkyl halides is 3. The highest BCUT2D eigenvalue weighted by Gasteiger charge is 2.44. The van der Waals surface area contributed by atoms with Crippen molar-refractivity contribution < 1.29 is 32.6 Å². The van der Waals surface area contributed by atoms with Crippen LogP contribution in [-0.4, -0.2) is 60.4 Å². The third-order valence-electron chi connectivity index (χ3n) is 5.85. The number of halogens is 3. The average molecular weight is 449 g/mol. The number of nitrogens with one attached hydrogen (secondary N) is 1. The molecule has 0 radical (unpaired) electrons. The van der Waals surface area contributed by atoms with Crippen molar-refractivity contribution in [3.8, 4) is 0 Å². The molecule has 2 saturated heterocycles. The highest BCUT2D eigenvalue weighted by Crippen LogP contribution is 2.35. The van der Waals surface area contributed by atoms with Gasteiger partial charge in [0.1, 0.15) is 0 Å². The number of hydrogen-bond donors (Lipinski definition) is 2. The minimum atomic E-state index is -5.08. The second kappa shape index (κ2) is 9.65. The Morgan fingerprint density at radius 1 is 1.30 bits per heavy atom. The van der Waals surface area contributed by atoms with Gasteiger partial charge in [0, 0.05) is 43.6 Å². The topological polar surface area (TPSA) is 78.9 Å². The van der Waals surface area contributed by atoms with Crippen LogP contribution in [0.15, 0.2) is 11.4 Å². The zero-order valence-corrected chi connectivity index (χ0v) is 17.6. The zero-order chi connectivity index (χ0) is 21.9. The molecule has 2 N–H and O–H groups in total. The molecule has 1 aromatic heterocycles. The number of amides is 1. The number of thiophene rings is 1. The summed E-state index contributed by atoms with van der Waals surface area (Å²) in [5.41, 5.74) is 1.36. The SMILES string of the molecule is Cc1ccsc1CN1C[C@H](C(=O)NCC2CC2)[C@@H]2CCO[C@@H]2C1.O=C(O)C(F)(F)F. The number of rotatable bonds is 5. The number of aliphatic carboxylic acids is 1. The van der Waals surface area contributed by atoms with E-state index in [9.17, 15) is 18.0 Å². The van der Waals surface area contributed by atoms with E-state index in [1.165, 1.54) is 23.3 Å². The van der Waals surface area contributed by atoms with Crippen molar-refractivity contribution in [1.29, 1.82) is 0 Å². The number of carboxylic acid groups (broad SMARTS) is 1. The van der Waals surface area contributed by atoms with Crippen LogP contribution < -0.4 is 5.32 Å². The van der Waals surface area contributed by atoms with Crippen molar-refractivity contribution in [3.05, 3.63) is 21.9 Å². The van der Waals surface area contributed by atoms with Crippen molar-refractivity contribution >= 4 is 23.2 Å². The minimum Gasteiger partial charge on any atom is -0.475 e. The molecule has 0 bridgehead atoms. The highest BCUT2D eigenvalue weighted by molar-refractivity contribution is 7.10. The van der Waals surface area contributed by atoms with E-state index in [-0.39, 0.29) is 17.9 Å². The summed E-state index contributed by atoms with van der Waals surface area (Å²) in [6.45, 7) is 6.64. The van der Waals surface area contributed by atoms with Gasteiger partial charge in [0.25, 0.3) is 0 Å². The van der Waals surface area contributed by atoms with Gasteiger partial charge < -0.3 is 15.2 Å². The van der Waals surface area contributed by atoms with Gasteiger partial charge in [-0.05, 0) is 49.1 Å². The fourth-order valence-corrected chi connectivity index (χ4v) is 4.88. The lowest BCUT2D eigenvalue weighted by molar-refractivity contribution is -0.192. The van der Waals surface area contributed by atoms with Gasteiger partial charge >= 0.3 is 12.1 Å². The fourth-order valence-electron chi connectivity index (χ4n) is 3.93. The normalized spacial score (nSPS) is 26.5. The van der Waals surface area contributed by atoms with Crippen molar-refractivity contribution in [1.82, 2.24) is 10.2 Å². The van der Waals surface area contributed by atoms with Gasteiger partial charge in [-0.2, -0.15) is 13.2 Å². The van der Waals surface area contributed by atoms with Crippen LogP contribution in [0, 0.1) is 24.7 Å². The van der Waals surface area contributed by atoms with E-state index in [2.05, 4.69) is 28.6 Å². The summed E-state index contributed by atoms with van der Waals surface area (Å²) in [4.78, 5) is 25.4. The zero-order valence-electron chi connectivity index (χ0n) is 16.8. The number of ether oxygens (including phenoxy) is 1. The standard InChI is InChI=1S/C18H26N2O2S.C2HF3O2/c1-12-5-7-23-17(12)11-20-9-15(14-4-6-22-16(14)10-20)18(21)19-8-13-2-3-13;3-2(4,5)1(6)7/h5,7,13-16H,2-4,6,8-11H2,1H3,(H,19,21);(H,6,7)/t14-,15-,16+;/m0./s1. The van der Waals surface area contributed by atoms with E-state index in [0.717, 1.165) is 45.1 Å². The van der Waals surface area contributed by atoms with Crippen LogP contribution in [0.3, 0.4) is 0 Å². The molecule has 0 aromatic carbocycles. The van der Waals surface area contributed by atoms with Crippen LogP contribution in [0.2, 0.25) is 0 Å². The van der Waals surface area contributed by atoms with E-state index in [4.69, 9.17) is 14.6 Å². The first-order valence-corrected chi connectivity index (χ1v) is 11.0. The molecule has 0 unspecified atom stereocenters. The number of fused-ring (bicyclic) bond motifs is 1. The number of carbonyl (C=O) groups excluding carboxylic acids is 1.